The van der Waals surface area contributed by atoms with Crippen molar-refractivity contribution in [1.82, 2.24) is 5.32 Å². The highest BCUT2D eigenvalue weighted by Gasteiger charge is 2.18. The first kappa shape index (κ1) is 18.5. The Morgan fingerprint density at radius 2 is 2.13 bits per heavy atom. The van der Waals surface area contributed by atoms with Crippen LogP contribution in [-0.4, -0.2) is 29.2 Å². The molecule has 0 bridgehead atoms. The van der Waals surface area contributed by atoms with Crippen molar-refractivity contribution in [2.75, 3.05) is 12.0 Å². The highest BCUT2D eigenvalue weighted by molar-refractivity contribution is 9.10. The third-order valence-corrected chi connectivity index (χ3v) is 2.94. The zero-order chi connectivity index (χ0) is 17.6. The smallest absolute Gasteiger partial charge is 0.397 e. The second kappa shape index (κ2) is 8.17. The number of halogens is 2. The summed E-state index contributed by atoms with van der Waals surface area (Å²) in [7, 11) is 0. The number of amidine groups is 1. The molecule has 0 saturated heterocycles. The Balaban J connectivity index is 2.88. The quantitative estimate of drug-likeness (QED) is 0.202. The van der Waals surface area contributed by atoms with E-state index >= 15 is 0 Å². The van der Waals surface area contributed by atoms with Crippen LogP contribution in [0.5, 0.6) is 0 Å². The van der Waals surface area contributed by atoms with Gasteiger partial charge in [0.1, 0.15) is 17.3 Å². The number of nitro groups is 1. The number of nitrogens with zero attached hydrogens (tertiary/aromatic N) is 2. The minimum atomic E-state index is -1.09. The first-order chi connectivity index (χ1) is 10.8. The molecule has 0 aliphatic carbocycles. The number of nitro benzene ring substituents is 1. The molecule has 0 aromatic heterocycles. The molecule has 0 fully saturated rings. The molecule has 23 heavy (non-hydrogen) atoms. The monoisotopic (exact) mass is 390 g/mol. The molecule has 1 aromatic rings. The van der Waals surface area contributed by atoms with Gasteiger partial charge in [-0.25, -0.2) is 9.18 Å². The highest BCUT2D eigenvalue weighted by atomic mass is 79.9. The molecular weight excluding hydrogens is 379 g/mol. The summed E-state index contributed by atoms with van der Waals surface area (Å²) >= 11 is 2.90. The molecule has 124 valence electrons. The first-order valence-corrected chi connectivity index (χ1v) is 6.97. The Morgan fingerprint density at radius 1 is 1.48 bits per heavy atom. The Hall–Kier alpha value is -2.56. The van der Waals surface area contributed by atoms with Gasteiger partial charge in [0.25, 0.3) is 5.69 Å². The van der Waals surface area contributed by atoms with E-state index in [0.717, 1.165) is 6.07 Å². The van der Waals surface area contributed by atoms with Crippen LogP contribution in [0.15, 0.2) is 21.7 Å². The summed E-state index contributed by atoms with van der Waals surface area (Å²) in [4.78, 5) is 32.6. The average Bonchev–Trinajstić information content (AvgIpc) is 2.47. The number of esters is 1. The van der Waals surface area contributed by atoms with Gasteiger partial charge >= 0.3 is 11.9 Å². The molecule has 0 atom stereocenters. The van der Waals surface area contributed by atoms with E-state index in [0.29, 0.717) is 6.07 Å². The molecular formula is C12H12BrFN4O5. The number of benzene rings is 1. The maximum Gasteiger partial charge on any atom is 0.397 e. The van der Waals surface area contributed by atoms with Crippen molar-refractivity contribution < 1.29 is 23.6 Å². The molecule has 0 aliphatic rings. The number of nitrogens with one attached hydrogen (secondary N) is 2. The Labute approximate surface area is 138 Å². The van der Waals surface area contributed by atoms with Gasteiger partial charge in [0.2, 0.25) is 0 Å². The van der Waals surface area contributed by atoms with Gasteiger partial charge in [-0.05, 0) is 35.8 Å². The third kappa shape index (κ3) is 5.29. The zero-order valence-electron chi connectivity index (χ0n) is 12.1. The summed E-state index contributed by atoms with van der Waals surface area (Å²) in [5.74, 6) is -2.97. The Kier molecular flexibility index (Phi) is 6.57. The van der Waals surface area contributed by atoms with Crippen molar-refractivity contribution in [3.8, 4) is 0 Å². The molecule has 0 heterocycles. The zero-order valence-corrected chi connectivity index (χ0v) is 13.6. The van der Waals surface area contributed by atoms with Gasteiger partial charge in [-0.15, -0.1) is 0 Å². The molecule has 1 aromatic carbocycles. The van der Waals surface area contributed by atoms with Crippen molar-refractivity contribution in [3.05, 3.63) is 32.5 Å². The van der Waals surface area contributed by atoms with Gasteiger partial charge in [-0.2, -0.15) is 5.10 Å². The van der Waals surface area contributed by atoms with E-state index in [-0.39, 0.29) is 22.6 Å². The summed E-state index contributed by atoms with van der Waals surface area (Å²) in [6, 6.07) is 1.84. The fourth-order valence-corrected chi connectivity index (χ4v) is 1.70. The Morgan fingerprint density at radius 3 is 2.70 bits per heavy atom. The Bertz CT molecular complexity index is 680. The molecule has 0 spiro atoms. The predicted octanol–water partition coefficient (Wildman–Crippen LogP) is 1.92. The van der Waals surface area contributed by atoms with Gasteiger partial charge in [0.05, 0.1) is 22.1 Å². The highest BCUT2D eigenvalue weighted by Crippen LogP contribution is 2.30. The largest absolute Gasteiger partial charge is 0.459 e. The number of hydrazone groups is 1. The molecule has 9 nitrogen and oxygen atoms in total. The van der Waals surface area contributed by atoms with Gasteiger partial charge in [0, 0.05) is 0 Å². The SMILES string of the molecule is CCOC(=O)C(=O)N/C(C)=N\Nc1cc(Br)c(F)cc1[N+](=O)[O-]. The normalized spacial score (nSPS) is 10.9. The third-order valence-electron chi connectivity index (χ3n) is 2.33. The summed E-state index contributed by atoms with van der Waals surface area (Å²) in [6.07, 6.45) is 0. The van der Waals surface area contributed by atoms with Gasteiger partial charge in [0.15, 0.2) is 0 Å². The molecule has 2 N–H and O–H groups in total. The minimum absolute atomic E-state index is 0.00554. The van der Waals surface area contributed by atoms with Crippen LogP contribution in [0.3, 0.4) is 0 Å². The number of amides is 1. The van der Waals surface area contributed by atoms with Crippen molar-refractivity contribution in [1.29, 1.82) is 0 Å². The molecule has 0 saturated carbocycles. The lowest BCUT2D eigenvalue weighted by atomic mass is 10.2. The van der Waals surface area contributed by atoms with E-state index in [1.807, 2.05) is 0 Å². The van der Waals surface area contributed by atoms with Gasteiger partial charge in [-0.1, -0.05) is 0 Å². The van der Waals surface area contributed by atoms with Crippen LogP contribution in [0.1, 0.15) is 13.8 Å². The number of anilines is 1. The van der Waals surface area contributed by atoms with E-state index < -0.39 is 28.3 Å². The van der Waals surface area contributed by atoms with E-state index in [1.165, 1.54) is 6.92 Å². The summed E-state index contributed by atoms with van der Waals surface area (Å²) < 4.78 is 17.8. The predicted molar refractivity (Wildman–Crippen MR) is 82.3 cm³/mol. The summed E-state index contributed by atoms with van der Waals surface area (Å²) in [5, 5.41) is 16.7. The second-order valence-electron chi connectivity index (χ2n) is 4.02. The fraction of sp³-hybridized carbons (Fsp3) is 0.250. The van der Waals surface area contributed by atoms with Crippen LogP contribution >= 0.6 is 15.9 Å². The van der Waals surface area contributed by atoms with E-state index in [2.05, 4.69) is 36.5 Å². The van der Waals surface area contributed by atoms with Crippen LogP contribution in [0.2, 0.25) is 0 Å². The summed E-state index contributed by atoms with van der Waals surface area (Å²) in [5.41, 5.74) is 1.68. The minimum Gasteiger partial charge on any atom is -0.459 e. The maximum atomic E-state index is 13.3. The number of hydrogen-bond donors (Lipinski definition) is 2. The van der Waals surface area contributed by atoms with Crippen LogP contribution in [0, 0.1) is 15.9 Å². The van der Waals surface area contributed by atoms with E-state index in [1.54, 1.807) is 6.92 Å². The number of rotatable bonds is 4. The standard InChI is InChI=1S/C12H12BrFN4O5/c1-3-23-12(20)11(19)15-6(2)16-17-9-4-7(13)8(14)5-10(9)18(21)22/h4-5,17H,3H2,1-2H3,(H,15,16,19). The molecule has 1 amide bonds. The molecule has 0 radical (unpaired) electrons. The van der Waals surface area contributed by atoms with Gasteiger partial charge < -0.3 is 10.1 Å². The van der Waals surface area contributed by atoms with E-state index in [4.69, 9.17) is 0 Å². The number of ether oxygens (including phenoxy) is 1. The summed E-state index contributed by atoms with van der Waals surface area (Å²) in [6.45, 7) is 2.92. The lowest BCUT2D eigenvalue weighted by Crippen LogP contribution is -2.36. The van der Waals surface area contributed by atoms with Crippen molar-refractivity contribution in [2.24, 2.45) is 5.10 Å². The van der Waals surface area contributed by atoms with Crippen LogP contribution < -0.4 is 10.7 Å². The second-order valence-corrected chi connectivity index (χ2v) is 4.88. The van der Waals surface area contributed by atoms with Crippen LogP contribution in [0.4, 0.5) is 15.8 Å². The van der Waals surface area contributed by atoms with Gasteiger partial charge in [-0.3, -0.25) is 20.3 Å². The van der Waals surface area contributed by atoms with Crippen LogP contribution in [0.25, 0.3) is 0 Å². The van der Waals surface area contributed by atoms with Crippen molar-refractivity contribution >= 4 is 45.0 Å². The first-order valence-electron chi connectivity index (χ1n) is 6.18. The van der Waals surface area contributed by atoms with Crippen molar-refractivity contribution in [2.45, 2.75) is 13.8 Å². The van der Waals surface area contributed by atoms with Crippen molar-refractivity contribution in [3.63, 3.8) is 0 Å². The fourth-order valence-electron chi connectivity index (χ4n) is 1.36. The van der Waals surface area contributed by atoms with Crippen LogP contribution in [-0.2, 0) is 14.3 Å². The maximum absolute atomic E-state index is 13.3. The number of hydrogen-bond acceptors (Lipinski definition) is 7. The topological polar surface area (TPSA) is 123 Å². The molecule has 11 heteroatoms. The molecule has 0 aliphatic heterocycles. The molecule has 0 unspecified atom stereocenters. The number of carbonyl (C=O) groups excluding carboxylic acids is 2. The van der Waals surface area contributed by atoms with E-state index in [9.17, 15) is 24.1 Å². The molecule has 1 rings (SSSR count). The average molecular weight is 391 g/mol. The lowest BCUT2D eigenvalue weighted by molar-refractivity contribution is -0.384. The lowest BCUT2D eigenvalue weighted by Gasteiger charge is -2.06. The number of carbonyl (C=O) groups is 2.